The minimum atomic E-state index is -0.304. The number of rotatable bonds is 3. The van der Waals surface area contributed by atoms with Crippen LogP contribution in [0.1, 0.15) is 16.9 Å². The van der Waals surface area contributed by atoms with Crippen LogP contribution in [0.3, 0.4) is 0 Å². The average Bonchev–Trinajstić information content (AvgIpc) is 2.73. The van der Waals surface area contributed by atoms with Crippen molar-refractivity contribution in [1.29, 1.82) is 0 Å². The van der Waals surface area contributed by atoms with Crippen LogP contribution < -0.4 is 5.56 Å². The van der Waals surface area contributed by atoms with Gasteiger partial charge in [0.2, 0.25) is 0 Å². The van der Waals surface area contributed by atoms with Gasteiger partial charge < -0.3 is 14.6 Å². The summed E-state index contributed by atoms with van der Waals surface area (Å²) in [6.07, 6.45) is 2.31. The zero-order valence-corrected chi connectivity index (χ0v) is 12.3. The van der Waals surface area contributed by atoms with Crippen molar-refractivity contribution in [2.75, 3.05) is 40.4 Å². The molecule has 1 aromatic heterocycles. The molecule has 0 radical (unpaired) electrons. The third kappa shape index (κ3) is 2.47. The lowest BCUT2D eigenvalue weighted by molar-refractivity contribution is -0.00822. The lowest BCUT2D eigenvalue weighted by atomic mass is 9.84. The van der Waals surface area contributed by atoms with Crippen LogP contribution in [-0.2, 0) is 4.74 Å². The van der Waals surface area contributed by atoms with Gasteiger partial charge in [0.05, 0.1) is 18.5 Å². The SMILES string of the molecule is COC[C@@H]1CN(C)C2(C1)CN(C(=O)c1cc(=O)[nH]cn1)C2. The number of likely N-dealkylation sites (N-methyl/N-ethyl adjacent to an activating group) is 1. The molecule has 0 saturated carbocycles. The van der Waals surface area contributed by atoms with E-state index in [1.807, 2.05) is 0 Å². The number of nitrogens with one attached hydrogen (secondary N) is 1. The molecule has 2 aliphatic heterocycles. The van der Waals surface area contributed by atoms with Crippen LogP contribution in [-0.4, -0.2) is 71.6 Å². The van der Waals surface area contributed by atoms with Gasteiger partial charge in [0, 0.05) is 32.8 Å². The summed E-state index contributed by atoms with van der Waals surface area (Å²) in [5.74, 6) is 0.352. The molecule has 1 amide bonds. The molecule has 0 aromatic carbocycles. The highest BCUT2D eigenvalue weighted by Crippen LogP contribution is 2.39. The van der Waals surface area contributed by atoms with Crippen LogP contribution in [0.15, 0.2) is 17.2 Å². The molecule has 2 saturated heterocycles. The number of likely N-dealkylation sites (tertiary alicyclic amines) is 2. The normalized spacial score (nSPS) is 24.3. The van der Waals surface area contributed by atoms with Gasteiger partial charge in [-0.05, 0) is 19.4 Å². The number of hydrogen-bond acceptors (Lipinski definition) is 5. The molecule has 1 aromatic rings. The maximum atomic E-state index is 12.3. The van der Waals surface area contributed by atoms with Gasteiger partial charge in [-0.25, -0.2) is 4.98 Å². The van der Waals surface area contributed by atoms with Crippen molar-refractivity contribution in [3.63, 3.8) is 0 Å². The zero-order chi connectivity index (χ0) is 15.0. The van der Waals surface area contributed by atoms with Crippen LogP contribution in [0.5, 0.6) is 0 Å². The third-order valence-electron chi connectivity index (χ3n) is 4.57. The molecule has 2 fully saturated rings. The number of methoxy groups -OCH3 is 1. The fraction of sp³-hybridized carbons (Fsp3) is 0.643. The number of aromatic nitrogens is 2. The van der Waals surface area contributed by atoms with Gasteiger partial charge in [-0.1, -0.05) is 0 Å². The Morgan fingerprint density at radius 3 is 3.00 bits per heavy atom. The monoisotopic (exact) mass is 292 g/mol. The van der Waals surface area contributed by atoms with Gasteiger partial charge in [-0.3, -0.25) is 14.5 Å². The van der Waals surface area contributed by atoms with Crippen molar-refractivity contribution in [2.45, 2.75) is 12.0 Å². The summed E-state index contributed by atoms with van der Waals surface area (Å²) < 4.78 is 5.24. The maximum absolute atomic E-state index is 12.3. The number of aromatic amines is 1. The Balaban J connectivity index is 1.65. The second-order valence-corrected chi connectivity index (χ2v) is 6.09. The first-order valence-electron chi connectivity index (χ1n) is 7.08. The van der Waals surface area contributed by atoms with E-state index in [0.717, 1.165) is 19.6 Å². The first kappa shape index (κ1) is 14.2. The first-order valence-corrected chi connectivity index (χ1v) is 7.08. The number of amides is 1. The molecule has 2 aliphatic rings. The molecule has 1 atom stereocenters. The lowest BCUT2D eigenvalue weighted by Gasteiger charge is -2.51. The molecule has 0 bridgehead atoms. The highest BCUT2D eigenvalue weighted by Gasteiger charge is 2.53. The minimum absolute atomic E-state index is 0.0695. The molecule has 3 rings (SSSR count). The molecule has 114 valence electrons. The van der Waals surface area contributed by atoms with Crippen molar-refractivity contribution in [3.8, 4) is 0 Å². The highest BCUT2D eigenvalue weighted by atomic mass is 16.5. The van der Waals surface area contributed by atoms with E-state index in [-0.39, 0.29) is 22.7 Å². The molecule has 7 heteroatoms. The van der Waals surface area contributed by atoms with Crippen LogP contribution in [0, 0.1) is 5.92 Å². The van der Waals surface area contributed by atoms with E-state index in [1.165, 1.54) is 12.4 Å². The Hall–Kier alpha value is -1.73. The summed E-state index contributed by atoms with van der Waals surface area (Å²) in [4.78, 5) is 34.0. The number of hydrogen-bond donors (Lipinski definition) is 1. The number of carbonyl (C=O) groups is 1. The third-order valence-corrected chi connectivity index (χ3v) is 4.57. The van der Waals surface area contributed by atoms with Gasteiger partial charge in [0.15, 0.2) is 0 Å². The van der Waals surface area contributed by atoms with Crippen molar-refractivity contribution < 1.29 is 9.53 Å². The van der Waals surface area contributed by atoms with Crippen molar-refractivity contribution in [1.82, 2.24) is 19.8 Å². The first-order chi connectivity index (χ1) is 10.0. The summed E-state index contributed by atoms with van der Waals surface area (Å²) >= 11 is 0. The molecular formula is C14H20N4O3. The van der Waals surface area contributed by atoms with E-state index in [9.17, 15) is 9.59 Å². The van der Waals surface area contributed by atoms with Gasteiger partial charge in [-0.2, -0.15) is 0 Å². The van der Waals surface area contributed by atoms with Gasteiger partial charge >= 0.3 is 0 Å². The van der Waals surface area contributed by atoms with Crippen LogP contribution in [0.2, 0.25) is 0 Å². The fourth-order valence-electron chi connectivity index (χ4n) is 3.51. The Bertz CT molecular complexity index is 594. The molecule has 1 N–H and O–H groups in total. The van der Waals surface area contributed by atoms with Gasteiger partial charge in [0.25, 0.3) is 11.5 Å². The summed E-state index contributed by atoms with van der Waals surface area (Å²) in [7, 11) is 3.82. The Kier molecular flexibility index (Phi) is 3.54. The number of ether oxygens (including phenoxy) is 1. The highest BCUT2D eigenvalue weighted by molar-refractivity contribution is 5.93. The van der Waals surface area contributed by atoms with Gasteiger partial charge in [-0.15, -0.1) is 0 Å². The smallest absolute Gasteiger partial charge is 0.272 e. The minimum Gasteiger partial charge on any atom is -0.384 e. The van der Waals surface area contributed by atoms with E-state index >= 15 is 0 Å². The predicted octanol–water partition coefficient (Wildman–Crippen LogP) is -0.437. The molecule has 1 spiro atoms. The standard InChI is InChI=1S/C14H20N4O3/c1-17-5-10(6-21-2)4-14(17)7-18(8-14)13(20)11-3-12(19)16-9-15-11/h3,9-10H,4-8H2,1-2H3,(H,15,16,19)/t10-/m0/s1. The van der Waals surface area contributed by atoms with Crippen molar-refractivity contribution in [2.24, 2.45) is 5.92 Å². The largest absolute Gasteiger partial charge is 0.384 e. The summed E-state index contributed by atoms with van der Waals surface area (Å²) in [6, 6.07) is 1.25. The topological polar surface area (TPSA) is 78.5 Å². The van der Waals surface area contributed by atoms with E-state index in [2.05, 4.69) is 21.9 Å². The van der Waals surface area contributed by atoms with Crippen LogP contribution in [0.25, 0.3) is 0 Å². The summed E-state index contributed by atoms with van der Waals surface area (Å²) in [5, 5.41) is 0. The number of nitrogens with zero attached hydrogens (tertiary/aromatic N) is 3. The Morgan fingerprint density at radius 2 is 2.33 bits per heavy atom. The Morgan fingerprint density at radius 1 is 1.57 bits per heavy atom. The number of carbonyl (C=O) groups excluding carboxylic acids is 1. The van der Waals surface area contributed by atoms with Crippen LogP contribution in [0.4, 0.5) is 0 Å². The van der Waals surface area contributed by atoms with Gasteiger partial charge in [0.1, 0.15) is 5.69 Å². The van der Waals surface area contributed by atoms with E-state index < -0.39 is 0 Å². The lowest BCUT2D eigenvalue weighted by Crippen LogP contribution is -2.68. The Labute approximate surface area is 122 Å². The molecule has 7 nitrogen and oxygen atoms in total. The molecular weight excluding hydrogens is 272 g/mol. The summed E-state index contributed by atoms with van der Waals surface area (Å²) in [5.41, 5.74) is -0.0236. The second-order valence-electron chi connectivity index (χ2n) is 6.09. The summed E-state index contributed by atoms with van der Waals surface area (Å²) in [6.45, 7) is 3.14. The average molecular weight is 292 g/mol. The molecule has 0 aliphatic carbocycles. The quantitative estimate of drug-likeness (QED) is 0.817. The molecule has 3 heterocycles. The van der Waals surface area contributed by atoms with E-state index in [1.54, 1.807) is 12.0 Å². The van der Waals surface area contributed by atoms with E-state index in [4.69, 9.17) is 4.74 Å². The number of H-pyrrole nitrogens is 1. The molecule has 21 heavy (non-hydrogen) atoms. The van der Waals surface area contributed by atoms with E-state index in [0.29, 0.717) is 19.0 Å². The predicted molar refractivity (Wildman–Crippen MR) is 76.1 cm³/mol. The zero-order valence-electron chi connectivity index (χ0n) is 12.3. The maximum Gasteiger partial charge on any atom is 0.272 e. The van der Waals surface area contributed by atoms with Crippen molar-refractivity contribution >= 4 is 5.91 Å². The van der Waals surface area contributed by atoms with Crippen LogP contribution >= 0.6 is 0 Å². The second kappa shape index (κ2) is 5.23. The fourth-order valence-corrected chi connectivity index (χ4v) is 3.51. The molecule has 0 unspecified atom stereocenters. The van der Waals surface area contributed by atoms with Crippen molar-refractivity contribution in [3.05, 3.63) is 28.4 Å².